The number of nitrogens with zero attached hydrogens (tertiary/aromatic N) is 2. The Labute approximate surface area is 169 Å². The maximum Gasteiger partial charge on any atom is 0.160 e. The summed E-state index contributed by atoms with van der Waals surface area (Å²) in [5.74, 6) is 0.934. The number of nitrogens with one attached hydrogen (secondary N) is 2. The highest BCUT2D eigenvalue weighted by molar-refractivity contribution is 7.17. The Bertz CT molecular complexity index is 971. The van der Waals surface area contributed by atoms with Gasteiger partial charge in [0.05, 0.1) is 33.4 Å². The number of aromatic amines is 1. The average molecular weight is 393 g/mol. The molecule has 3 aromatic heterocycles. The van der Waals surface area contributed by atoms with E-state index in [2.05, 4.69) is 34.9 Å². The molecular formula is C22H24N4OS. The summed E-state index contributed by atoms with van der Waals surface area (Å²) >= 11 is 1.45. The third kappa shape index (κ3) is 5.12. The minimum atomic E-state index is 0.646. The second-order valence-electron chi connectivity index (χ2n) is 6.27. The molecule has 0 aliphatic heterocycles. The quantitative estimate of drug-likeness (QED) is 0.394. The third-order valence-electron chi connectivity index (χ3n) is 4.24. The number of rotatable bonds is 10. The van der Waals surface area contributed by atoms with Crippen LogP contribution in [0.1, 0.15) is 39.5 Å². The first kappa shape index (κ1) is 19.9. The van der Waals surface area contributed by atoms with E-state index in [0.29, 0.717) is 18.0 Å². The Kier molecular flexibility index (Phi) is 7.06. The van der Waals surface area contributed by atoms with Gasteiger partial charge in [-0.1, -0.05) is 37.8 Å². The lowest BCUT2D eigenvalue weighted by atomic mass is 10.2. The van der Waals surface area contributed by atoms with E-state index in [1.54, 1.807) is 6.08 Å². The second-order valence-corrected chi connectivity index (χ2v) is 7.38. The summed E-state index contributed by atoms with van der Waals surface area (Å²) in [6, 6.07) is 9.71. The van der Waals surface area contributed by atoms with Crippen molar-refractivity contribution in [1.29, 1.82) is 0 Å². The molecule has 0 aliphatic rings. The second kappa shape index (κ2) is 9.92. The Morgan fingerprint density at radius 2 is 2.11 bits per heavy atom. The van der Waals surface area contributed by atoms with E-state index in [0.717, 1.165) is 52.6 Å². The van der Waals surface area contributed by atoms with E-state index < -0.39 is 0 Å². The zero-order valence-corrected chi connectivity index (χ0v) is 16.8. The fourth-order valence-electron chi connectivity index (χ4n) is 2.91. The third-order valence-corrected chi connectivity index (χ3v) is 5.28. The van der Waals surface area contributed by atoms with Crippen molar-refractivity contribution in [2.45, 2.75) is 32.9 Å². The molecule has 0 bridgehead atoms. The van der Waals surface area contributed by atoms with Crippen molar-refractivity contribution < 1.29 is 4.79 Å². The van der Waals surface area contributed by atoms with Crippen molar-refractivity contribution in [2.75, 3.05) is 0 Å². The van der Waals surface area contributed by atoms with E-state index in [1.807, 2.05) is 36.4 Å². The van der Waals surface area contributed by atoms with Gasteiger partial charge < -0.3 is 10.3 Å². The summed E-state index contributed by atoms with van der Waals surface area (Å²) in [6.07, 6.45) is 8.40. The number of pyridine rings is 1. The number of hydrogen-bond acceptors (Lipinski definition) is 5. The van der Waals surface area contributed by atoms with Crippen molar-refractivity contribution in [1.82, 2.24) is 20.3 Å². The molecule has 0 aliphatic carbocycles. The number of hydrogen-bond donors (Lipinski definition) is 2. The maximum absolute atomic E-state index is 10.9. The van der Waals surface area contributed by atoms with Crippen LogP contribution in [0.4, 0.5) is 0 Å². The minimum absolute atomic E-state index is 0.646. The summed E-state index contributed by atoms with van der Waals surface area (Å²) in [4.78, 5) is 25.4. The lowest BCUT2D eigenvalue weighted by Crippen LogP contribution is -2.14. The highest BCUT2D eigenvalue weighted by atomic mass is 32.1. The maximum atomic E-state index is 10.9. The van der Waals surface area contributed by atoms with Gasteiger partial charge in [0, 0.05) is 18.7 Å². The van der Waals surface area contributed by atoms with E-state index in [-0.39, 0.29) is 0 Å². The first-order valence-corrected chi connectivity index (χ1v) is 10.1. The molecule has 144 valence electrons. The summed E-state index contributed by atoms with van der Waals surface area (Å²) in [5, 5.41) is 3.40. The molecule has 0 radical (unpaired) electrons. The van der Waals surface area contributed by atoms with Gasteiger partial charge in [0.1, 0.15) is 5.82 Å². The van der Waals surface area contributed by atoms with E-state index in [1.165, 1.54) is 11.3 Å². The summed E-state index contributed by atoms with van der Waals surface area (Å²) in [7, 11) is 0. The van der Waals surface area contributed by atoms with E-state index >= 15 is 0 Å². The van der Waals surface area contributed by atoms with Crippen LogP contribution in [-0.4, -0.2) is 21.2 Å². The van der Waals surface area contributed by atoms with Crippen LogP contribution in [0.15, 0.2) is 55.1 Å². The molecule has 3 aromatic rings. The Morgan fingerprint density at radius 1 is 1.21 bits per heavy atom. The number of imidazole rings is 1. The highest BCUT2D eigenvalue weighted by Gasteiger charge is 2.08. The van der Waals surface area contributed by atoms with Crippen molar-refractivity contribution in [3.8, 4) is 10.6 Å². The number of carbonyl (C=O) groups is 1. The number of aldehydes is 1. The number of H-pyrrole nitrogens is 1. The summed E-state index contributed by atoms with van der Waals surface area (Å²) in [5.41, 5.74) is 4.10. The molecule has 0 amide bonds. The molecule has 0 unspecified atom stereocenters. The van der Waals surface area contributed by atoms with Crippen LogP contribution >= 0.6 is 11.3 Å². The van der Waals surface area contributed by atoms with Gasteiger partial charge in [-0.3, -0.25) is 9.78 Å². The van der Waals surface area contributed by atoms with Gasteiger partial charge >= 0.3 is 0 Å². The van der Waals surface area contributed by atoms with Gasteiger partial charge in [0.2, 0.25) is 0 Å². The fraction of sp³-hybridized carbons (Fsp3) is 0.227. The molecule has 0 aromatic carbocycles. The summed E-state index contributed by atoms with van der Waals surface area (Å²) < 4.78 is 0. The Balaban J connectivity index is 1.60. The van der Waals surface area contributed by atoms with Gasteiger partial charge in [-0.15, -0.1) is 11.3 Å². The van der Waals surface area contributed by atoms with Crippen molar-refractivity contribution >= 4 is 17.6 Å². The van der Waals surface area contributed by atoms with Gasteiger partial charge in [-0.2, -0.15) is 0 Å². The largest absolute Gasteiger partial charge is 0.344 e. The van der Waals surface area contributed by atoms with E-state index in [4.69, 9.17) is 4.98 Å². The highest BCUT2D eigenvalue weighted by Crippen LogP contribution is 2.25. The van der Waals surface area contributed by atoms with E-state index in [9.17, 15) is 4.79 Å². The van der Waals surface area contributed by atoms with Crippen LogP contribution in [-0.2, 0) is 25.9 Å². The zero-order valence-electron chi connectivity index (χ0n) is 15.9. The van der Waals surface area contributed by atoms with Crippen LogP contribution in [0.25, 0.3) is 10.6 Å². The van der Waals surface area contributed by atoms with Crippen molar-refractivity contribution in [3.63, 3.8) is 0 Å². The van der Waals surface area contributed by atoms with Crippen LogP contribution < -0.4 is 5.32 Å². The molecule has 3 rings (SSSR count). The molecule has 0 atom stereocenters. The molecule has 28 heavy (non-hydrogen) atoms. The first-order valence-electron chi connectivity index (χ1n) is 9.29. The van der Waals surface area contributed by atoms with Crippen LogP contribution in [0.5, 0.6) is 0 Å². The molecule has 0 spiro atoms. The summed E-state index contributed by atoms with van der Waals surface area (Å²) in [6.45, 7) is 7.11. The first-order chi connectivity index (χ1) is 13.7. The van der Waals surface area contributed by atoms with Gasteiger partial charge in [0.15, 0.2) is 6.29 Å². The van der Waals surface area contributed by atoms with Gasteiger partial charge in [-0.25, -0.2) is 4.98 Å². The predicted molar refractivity (Wildman–Crippen MR) is 114 cm³/mol. The zero-order chi connectivity index (χ0) is 19.8. The SMILES string of the molecule is C=C/C=C\Cc1[nH]c(CNCc2cccc(-c3ccc(C=O)s3)n2)nc1CC. The standard InChI is InChI=1S/C22H24N4OS/c1-3-5-6-9-19-18(4-2)25-22(26-19)14-23-13-16-8-7-10-20(24-16)21-12-11-17(15-27)28-21/h3,5-8,10-12,15,23H,1,4,9,13-14H2,2H3,(H,25,26)/b6-5-. The van der Waals surface area contributed by atoms with Crippen LogP contribution in [0, 0.1) is 0 Å². The van der Waals surface area contributed by atoms with Crippen LogP contribution in [0.3, 0.4) is 0 Å². The molecular weight excluding hydrogens is 368 g/mol. The number of allylic oxidation sites excluding steroid dienone is 3. The smallest absolute Gasteiger partial charge is 0.160 e. The normalized spacial score (nSPS) is 11.2. The lowest BCUT2D eigenvalue weighted by molar-refractivity contribution is 0.112. The Hall–Kier alpha value is -2.83. The van der Waals surface area contributed by atoms with Gasteiger partial charge in [-0.05, 0) is 30.7 Å². The molecule has 3 heterocycles. The molecule has 0 fully saturated rings. The number of carbonyl (C=O) groups excluding carboxylic acids is 1. The molecule has 6 heteroatoms. The van der Waals surface area contributed by atoms with Crippen LogP contribution in [0.2, 0.25) is 0 Å². The fourth-order valence-corrected chi connectivity index (χ4v) is 3.70. The van der Waals surface area contributed by atoms with Gasteiger partial charge in [0.25, 0.3) is 0 Å². The monoisotopic (exact) mass is 392 g/mol. The molecule has 2 N–H and O–H groups in total. The number of thiophene rings is 1. The molecule has 0 saturated carbocycles. The lowest BCUT2D eigenvalue weighted by Gasteiger charge is -2.04. The number of aromatic nitrogens is 3. The van der Waals surface area contributed by atoms with Crippen molar-refractivity contribution in [3.05, 3.63) is 82.9 Å². The molecule has 5 nitrogen and oxygen atoms in total. The van der Waals surface area contributed by atoms with Crippen molar-refractivity contribution in [2.24, 2.45) is 0 Å². The average Bonchev–Trinajstić information content (AvgIpc) is 3.35. The minimum Gasteiger partial charge on any atom is -0.344 e. The predicted octanol–water partition coefficient (Wildman–Crippen LogP) is 4.48. The molecule has 0 saturated heterocycles. The topological polar surface area (TPSA) is 70.7 Å². The Morgan fingerprint density at radius 3 is 2.86 bits per heavy atom. The number of aryl methyl sites for hydroxylation is 1.